The number of carbonyl (C=O) groups is 2. The zero-order valence-electron chi connectivity index (χ0n) is 16.8. The summed E-state index contributed by atoms with van der Waals surface area (Å²) in [6.45, 7) is 1.36. The van der Waals surface area contributed by atoms with Crippen LogP contribution < -0.4 is 15.8 Å². The predicted octanol–water partition coefficient (Wildman–Crippen LogP) is 3.90. The summed E-state index contributed by atoms with van der Waals surface area (Å²) in [6.07, 6.45) is 0.180. The van der Waals surface area contributed by atoms with Gasteiger partial charge in [0, 0.05) is 20.4 Å². The Morgan fingerprint density at radius 1 is 1.13 bits per heavy atom. The Morgan fingerprint density at radius 3 is 2.23 bits per heavy atom. The summed E-state index contributed by atoms with van der Waals surface area (Å²) >= 11 is 12.3. The monoisotopic (exact) mass is 448 g/mol. The molecular weight excluding hydrogens is 427 g/mol. The van der Waals surface area contributed by atoms with Gasteiger partial charge in [-0.15, -0.1) is 0 Å². The van der Waals surface area contributed by atoms with Gasteiger partial charge in [-0.05, 0) is 47.5 Å². The van der Waals surface area contributed by atoms with E-state index in [1.807, 2.05) is 12.1 Å². The Bertz CT molecular complexity index is 979. The molecule has 7 nitrogen and oxygen atoms in total. The van der Waals surface area contributed by atoms with Crippen molar-refractivity contribution >= 4 is 52.3 Å². The number of benzene rings is 2. The lowest BCUT2D eigenvalue weighted by Crippen LogP contribution is -2.19. The van der Waals surface area contributed by atoms with Gasteiger partial charge in [0.15, 0.2) is 0 Å². The number of amides is 2. The molecular formula is C21H22Cl2N4O3. The SMILES string of the molecule is C/N=C(\CC(=O)/N=C(\N)Cc1cc(Cl)c(NC(C)=O)c(Cl)c1)c1ccc(OC)cc1. The minimum absolute atomic E-state index is 0.00646. The van der Waals surface area contributed by atoms with E-state index in [0.717, 1.165) is 5.56 Å². The molecule has 30 heavy (non-hydrogen) atoms. The van der Waals surface area contributed by atoms with Gasteiger partial charge in [-0.2, -0.15) is 0 Å². The lowest BCUT2D eigenvalue weighted by Gasteiger charge is -2.10. The number of hydrogen-bond acceptors (Lipinski definition) is 4. The molecule has 0 spiro atoms. The maximum Gasteiger partial charge on any atom is 0.253 e. The Kier molecular flexibility index (Phi) is 8.38. The third kappa shape index (κ3) is 6.57. The number of anilines is 1. The molecule has 2 amide bonds. The molecule has 2 aromatic rings. The molecule has 0 unspecified atom stereocenters. The summed E-state index contributed by atoms with van der Waals surface area (Å²) in [5, 5.41) is 3.11. The van der Waals surface area contributed by atoms with Gasteiger partial charge in [0.25, 0.3) is 5.91 Å². The zero-order valence-corrected chi connectivity index (χ0v) is 18.3. The summed E-state index contributed by atoms with van der Waals surface area (Å²) in [6, 6.07) is 10.5. The molecule has 0 radical (unpaired) electrons. The van der Waals surface area contributed by atoms with Crippen LogP contribution >= 0.6 is 23.2 Å². The molecule has 0 saturated heterocycles. The van der Waals surface area contributed by atoms with E-state index in [4.69, 9.17) is 33.7 Å². The Morgan fingerprint density at radius 2 is 1.73 bits per heavy atom. The fourth-order valence-corrected chi connectivity index (χ4v) is 3.34. The molecule has 0 saturated carbocycles. The molecule has 158 valence electrons. The average molecular weight is 449 g/mol. The number of halogens is 2. The van der Waals surface area contributed by atoms with Gasteiger partial charge in [0.2, 0.25) is 5.91 Å². The number of rotatable bonds is 7. The smallest absolute Gasteiger partial charge is 0.253 e. The number of carbonyl (C=O) groups excluding carboxylic acids is 2. The van der Waals surface area contributed by atoms with Gasteiger partial charge in [0.1, 0.15) is 11.6 Å². The molecule has 0 heterocycles. The van der Waals surface area contributed by atoms with Crippen molar-refractivity contribution < 1.29 is 14.3 Å². The van der Waals surface area contributed by atoms with Gasteiger partial charge < -0.3 is 15.8 Å². The number of nitrogens with one attached hydrogen (secondary N) is 1. The Labute approximate surface area is 184 Å². The third-order valence-electron chi connectivity index (χ3n) is 4.07. The summed E-state index contributed by atoms with van der Waals surface area (Å²) in [5.41, 5.74) is 8.31. The van der Waals surface area contributed by atoms with Crippen molar-refractivity contribution in [3.63, 3.8) is 0 Å². The highest BCUT2D eigenvalue weighted by molar-refractivity contribution is 6.39. The highest BCUT2D eigenvalue weighted by Gasteiger charge is 2.13. The fraction of sp³-hybridized carbons (Fsp3) is 0.238. The van der Waals surface area contributed by atoms with Crippen LogP contribution in [0.5, 0.6) is 5.75 Å². The van der Waals surface area contributed by atoms with Gasteiger partial charge in [0.05, 0.1) is 35.0 Å². The van der Waals surface area contributed by atoms with Gasteiger partial charge in [-0.25, -0.2) is 4.99 Å². The van der Waals surface area contributed by atoms with E-state index in [1.165, 1.54) is 6.92 Å². The molecule has 0 bridgehead atoms. The first kappa shape index (κ1) is 23.4. The average Bonchev–Trinajstić information content (AvgIpc) is 2.68. The van der Waals surface area contributed by atoms with Gasteiger partial charge in [-0.3, -0.25) is 14.6 Å². The number of nitrogens with zero attached hydrogens (tertiary/aromatic N) is 2. The van der Waals surface area contributed by atoms with E-state index in [0.29, 0.717) is 22.7 Å². The fourth-order valence-electron chi connectivity index (χ4n) is 2.71. The first-order chi connectivity index (χ1) is 14.2. The second kappa shape index (κ2) is 10.8. The normalized spacial score (nSPS) is 11.9. The van der Waals surface area contributed by atoms with E-state index >= 15 is 0 Å². The quantitative estimate of drug-likeness (QED) is 0.494. The number of nitrogens with two attached hydrogens (primary N) is 1. The number of aliphatic imine (C=N–C) groups is 2. The van der Waals surface area contributed by atoms with Crippen molar-refractivity contribution in [1.82, 2.24) is 0 Å². The molecule has 9 heteroatoms. The van der Waals surface area contributed by atoms with Crippen molar-refractivity contribution in [1.29, 1.82) is 0 Å². The lowest BCUT2D eigenvalue weighted by molar-refractivity contribution is -0.116. The second-order valence-corrected chi connectivity index (χ2v) is 7.18. The molecule has 0 aliphatic rings. The van der Waals surface area contributed by atoms with E-state index in [2.05, 4.69) is 15.3 Å². The van der Waals surface area contributed by atoms with Gasteiger partial charge in [-0.1, -0.05) is 23.2 Å². The minimum atomic E-state index is -0.420. The molecule has 0 atom stereocenters. The molecule has 0 aliphatic carbocycles. The third-order valence-corrected chi connectivity index (χ3v) is 4.66. The van der Waals surface area contributed by atoms with E-state index in [9.17, 15) is 9.59 Å². The molecule has 0 aliphatic heterocycles. The van der Waals surface area contributed by atoms with Crippen LogP contribution in [0.4, 0.5) is 5.69 Å². The van der Waals surface area contributed by atoms with Crippen LogP contribution in [0, 0.1) is 0 Å². The molecule has 0 fully saturated rings. The first-order valence-corrected chi connectivity index (χ1v) is 9.70. The second-order valence-electron chi connectivity index (χ2n) is 6.36. The summed E-state index contributed by atoms with van der Waals surface area (Å²) in [5.74, 6) is 0.119. The topological polar surface area (TPSA) is 106 Å². The van der Waals surface area contributed by atoms with E-state index < -0.39 is 5.91 Å². The predicted molar refractivity (Wildman–Crippen MR) is 121 cm³/mol. The maximum atomic E-state index is 12.3. The summed E-state index contributed by atoms with van der Waals surface area (Å²) < 4.78 is 5.13. The molecule has 0 aromatic heterocycles. The van der Waals surface area contributed by atoms with Crippen molar-refractivity contribution in [3.05, 3.63) is 57.6 Å². The number of amidine groups is 1. The van der Waals surface area contributed by atoms with Crippen molar-refractivity contribution in [2.24, 2.45) is 15.7 Å². The standard InChI is InChI=1S/C21H22Cl2N4O3/c1-12(28)26-21-16(22)8-13(9-17(21)23)10-19(24)27-20(29)11-18(25-2)14-4-6-15(30-3)7-5-14/h4-9H,10-11H2,1-3H3,(H,26,28)(H2,24,27,29)/b25-18+. The van der Waals surface area contributed by atoms with Crippen LogP contribution in [0.25, 0.3) is 0 Å². The van der Waals surface area contributed by atoms with Crippen LogP contribution in [0.1, 0.15) is 24.5 Å². The van der Waals surface area contributed by atoms with Crippen LogP contribution in [-0.4, -0.2) is 37.5 Å². The number of ether oxygens (including phenoxy) is 1. The van der Waals surface area contributed by atoms with Gasteiger partial charge >= 0.3 is 0 Å². The lowest BCUT2D eigenvalue weighted by atomic mass is 10.1. The van der Waals surface area contributed by atoms with Crippen molar-refractivity contribution in [3.8, 4) is 5.75 Å². The number of hydrogen-bond donors (Lipinski definition) is 2. The molecule has 2 rings (SSSR count). The van der Waals surface area contributed by atoms with Crippen molar-refractivity contribution in [2.45, 2.75) is 19.8 Å². The first-order valence-electron chi connectivity index (χ1n) is 8.95. The highest BCUT2D eigenvalue weighted by atomic mass is 35.5. The van der Waals surface area contributed by atoms with Crippen LogP contribution in [-0.2, 0) is 16.0 Å². The van der Waals surface area contributed by atoms with Crippen molar-refractivity contribution in [2.75, 3.05) is 19.5 Å². The van der Waals surface area contributed by atoms with Crippen LogP contribution in [0.2, 0.25) is 10.0 Å². The molecule has 2 aromatic carbocycles. The molecule has 3 N–H and O–H groups in total. The Balaban J connectivity index is 2.09. The minimum Gasteiger partial charge on any atom is -0.497 e. The maximum absolute atomic E-state index is 12.3. The summed E-state index contributed by atoms with van der Waals surface area (Å²) in [7, 11) is 3.19. The van der Waals surface area contributed by atoms with Crippen LogP contribution in [0.3, 0.4) is 0 Å². The summed E-state index contributed by atoms with van der Waals surface area (Å²) in [4.78, 5) is 31.7. The van der Waals surface area contributed by atoms with E-state index in [-0.39, 0.29) is 34.6 Å². The van der Waals surface area contributed by atoms with Crippen LogP contribution in [0.15, 0.2) is 46.4 Å². The van der Waals surface area contributed by atoms with E-state index in [1.54, 1.807) is 38.4 Å². The number of methoxy groups -OCH3 is 1. The largest absolute Gasteiger partial charge is 0.497 e. The Hall–Kier alpha value is -2.90. The highest BCUT2D eigenvalue weighted by Crippen LogP contribution is 2.32. The zero-order chi connectivity index (χ0) is 22.3.